The van der Waals surface area contributed by atoms with Crippen LogP contribution in [0.15, 0.2) is 22.9 Å². The highest BCUT2D eigenvalue weighted by atomic mass is 28.3. The lowest BCUT2D eigenvalue weighted by molar-refractivity contribution is 0.937. The van der Waals surface area contributed by atoms with Crippen LogP contribution in [0.4, 0.5) is 0 Å². The van der Waals surface area contributed by atoms with E-state index in [4.69, 9.17) is 0 Å². The molecule has 0 amide bonds. The summed E-state index contributed by atoms with van der Waals surface area (Å²) in [6.07, 6.45) is 7.25. The standard InChI is InChI=1S/C10H18Si/c1-9-5-7-10(8-6-9)11(2,3)4/h5,7H,6,8H2,1-4H3. The SMILES string of the molecule is CC1=CC=C([Si](C)(C)C)CC1. The van der Waals surface area contributed by atoms with Crippen LogP contribution >= 0.6 is 0 Å². The third-order valence-corrected chi connectivity index (χ3v) is 4.66. The highest BCUT2D eigenvalue weighted by molar-refractivity contribution is 6.83. The molecule has 0 spiro atoms. The second-order valence-electron chi connectivity index (χ2n) is 4.45. The summed E-state index contributed by atoms with van der Waals surface area (Å²) in [5.41, 5.74) is 1.53. The van der Waals surface area contributed by atoms with Crippen molar-refractivity contribution in [2.24, 2.45) is 0 Å². The molecule has 0 saturated carbocycles. The summed E-state index contributed by atoms with van der Waals surface area (Å²) in [5, 5.41) is 1.73. The maximum Gasteiger partial charge on any atom is 0.0724 e. The molecule has 0 bridgehead atoms. The minimum absolute atomic E-state index is 0.969. The van der Waals surface area contributed by atoms with Crippen LogP contribution in [0, 0.1) is 0 Å². The summed E-state index contributed by atoms with van der Waals surface area (Å²) in [6, 6.07) is 0. The van der Waals surface area contributed by atoms with Gasteiger partial charge in [0, 0.05) is 0 Å². The van der Waals surface area contributed by atoms with Gasteiger partial charge in [-0.05, 0) is 19.8 Å². The smallest absolute Gasteiger partial charge is 0.0724 e. The molecule has 1 rings (SSSR count). The fourth-order valence-corrected chi connectivity index (χ4v) is 2.82. The molecule has 0 aliphatic heterocycles. The zero-order valence-corrected chi connectivity index (χ0v) is 9.07. The van der Waals surface area contributed by atoms with Gasteiger partial charge in [-0.2, -0.15) is 0 Å². The molecule has 0 atom stereocenters. The lowest BCUT2D eigenvalue weighted by Crippen LogP contribution is -2.24. The van der Waals surface area contributed by atoms with Gasteiger partial charge in [-0.25, -0.2) is 0 Å². The van der Waals surface area contributed by atoms with Gasteiger partial charge in [0.05, 0.1) is 8.07 Å². The highest BCUT2D eigenvalue weighted by Gasteiger charge is 2.19. The van der Waals surface area contributed by atoms with Crippen LogP contribution in [0.3, 0.4) is 0 Å². The zero-order chi connectivity index (χ0) is 8.48. The highest BCUT2D eigenvalue weighted by Crippen LogP contribution is 2.25. The normalized spacial score (nSPS) is 19.3. The Hall–Kier alpha value is -0.303. The van der Waals surface area contributed by atoms with Crippen molar-refractivity contribution in [3.8, 4) is 0 Å². The first-order valence-electron chi connectivity index (χ1n) is 4.37. The van der Waals surface area contributed by atoms with E-state index in [-0.39, 0.29) is 0 Å². The molecule has 0 N–H and O–H groups in total. The van der Waals surface area contributed by atoms with Crippen molar-refractivity contribution < 1.29 is 0 Å². The summed E-state index contributed by atoms with van der Waals surface area (Å²) in [7, 11) is -0.969. The largest absolute Gasteiger partial charge is 0.0807 e. The summed E-state index contributed by atoms with van der Waals surface area (Å²) in [4.78, 5) is 0. The monoisotopic (exact) mass is 166 g/mol. The van der Waals surface area contributed by atoms with E-state index in [1.54, 1.807) is 5.20 Å². The fraction of sp³-hybridized carbons (Fsp3) is 0.600. The molecule has 0 heterocycles. The average molecular weight is 166 g/mol. The molecule has 62 valence electrons. The topological polar surface area (TPSA) is 0 Å². The summed E-state index contributed by atoms with van der Waals surface area (Å²) >= 11 is 0. The van der Waals surface area contributed by atoms with Crippen molar-refractivity contribution in [1.82, 2.24) is 0 Å². The molecule has 0 radical (unpaired) electrons. The zero-order valence-electron chi connectivity index (χ0n) is 8.07. The Labute approximate surface area is 71.0 Å². The molecule has 0 saturated heterocycles. The summed E-state index contributed by atoms with van der Waals surface area (Å²) in [5.74, 6) is 0. The third-order valence-electron chi connectivity index (χ3n) is 2.32. The Kier molecular flexibility index (Phi) is 2.38. The Bertz CT molecular complexity index is 203. The van der Waals surface area contributed by atoms with E-state index < -0.39 is 8.07 Å². The van der Waals surface area contributed by atoms with Crippen LogP contribution in [-0.2, 0) is 0 Å². The molecule has 1 aliphatic carbocycles. The molecule has 11 heavy (non-hydrogen) atoms. The van der Waals surface area contributed by atoms with E-state index in [1.165, 1.54) is 18.4 Å². The Morgan fingerprint density at radius 1 is 1.09 bits per heavy atom. The molecular weight excluding hydrogens is 148 g/mol. The molecule has 0 aromatic heterocycles. The van der Waals surface area contributed by atoms with Crippen LogP contribution < -0.4 is 0 Å². The van der Waals surface area contributed by atoms with Crippen LogP contribution in [0.5, 0.6) is 0 Å². The van der Waals surface area contributed by atoms with Crippen molar-refractivity contribution in [2.75, 3.05) is 0 Å². The molecule has 0 unspecified atom stereocenters. The van der Waals surface area contributed by atoms with Gasteiger partial charge in [-0.15, -0.1) is 0 Å². The number of rotatable bonds is 1. The van der Waals surface area contributed by atoms with Gasteiger partial charge in [-0.3, -0.25) is 0 Å². The molecule has 0 aromatic carbocycles. The first-order valence-corrected chi connectivity index (χ1v) is 7.87. The van der Waals surface area contributed by atoms with Crippen molar-refractivity contribution in [2.45, 2.75) is 39.4 Å². The number of allylic oxidation sites excluding steroid dienone is 4. The average Bonchev–Trinajstić information content (AvgIpc) is 1.86. The molecule has 0 aromatic rings. The summed E-state index contributed by atoms with van der Waals surface area (Å²) < 4.78 is 0. The van der Waals surface area contributed by atoms with Gasteiger partial charge in [0.1, 0.15) is 0 Å². The van der Waals surface area contributed by atoms with E-state index in [0.29, 0.717) is 0 Å². The predicted octanol–water partition coefficient (Wildman–Crippen LogP) is 3.53. The van der Waals surface area contributed by atoms with Crippen LogP contribution in [0.2, 0.25) is 19.6 Å². The van der Waals surface area contributed by atoms with Crippen LogP contribution in [0.1, 0.15) is 19.8 Å². The lowest BCUT2D eigenvalue weighted by Gasteiger charge is -2.23. The first kappa shape index (κ1) is 8.79. The Morgan fingerprint density at radius 2 is 1.73 bits per heavy atom. The summed E-state index contributed by atoms with van der Waals surface area (Å²) in [6.45, 7) is 9.49. The van der Waals surface area contributed by atoms with Gasteiger partial charge in [0.25, 0.3) is 0 Å². The van der Waals surface area contributed by atoms with Crippen molar-refractivity contribution in [1.29, 1.82) is 0 Å². The third kappa shape index (κ3) is 2.33. The molecule has 1 aliphatic rings. The van der Waals surface area contributed by atoms with Gasteiger partial charge < -0.3 is 0 Å². The molecule has 1 heteroatoms. The maximum atomic E-state index is 2.42. The number of hydrogen-bond acceptors (Lipinski definition) is 0. The van der Waals surface area contributed by atoms with E-state index in [1.807, 2.05) is 0 Å². The molecular formula is C10H18Si. The fourth-order valence-electron chi connectivity index (χ4n) is 1.37. The van der Waals surface area contributed by atoms with Crippen molar-refractivity contribution in [3.05, 3.63) is 22.9 Å². The van der Waals surface area contributed by atoms with Crippen molar-refractivity contribution in [3.63, 3.8) is 0 Å². The van der Waals surface area contributed by atoms with Crippen LogP contribution in [-0.4, -0.2) is 8.07 Å². The number of hydrogen-bond donors (Lipinski definition) is 0. The predicted molar refractivity (Wildman–Crippen MR) is 54.4 cm³/mol. The van der Waals surface area contributed by atoms with Crippen molar-refractivity contribution >= 4 is 8.07 Å². The Balaban J connectivity index is 2.77. The van der Waals surface area contributed by atoms with Crippen LogP contribution in [0.25, 0.3) is 0 Å². The van der Waals surface area contributed by atoms with E-state index >= 15 is 0 Å². The second-order valence-corrected chi connectivity index (χ2v) is 9.60. The van der Waals surface area contributed by atoms with Gasteiger partial charge in [0.15, 0.2) is 0 Å². The first-order chi connectivity index (χ1) is 5.00. The lowest BCUT2D eigenvalue weighted by atomic mass is 10.1. The molecule has 0 nitrogen and oxygen atoms in total. The maximum absolute atomic E-state index is 2.42. The van der Waals surface area contributed by atoms with E-state index in [0.717, 1.165) is 0 Å². The molecule has 0 fully saturated rings. The minimum atomic E-state index is -0.969. The van der Waals surface area contributed by atoms with Gasteiger partial charge >= 0.3 is 0 Å². The van der Waals surface area contributed by atoms with Gasteiger partial charge in [0.2, 0.25) is 0 Å². The van der Waals surface area contributed by atoms with E-state index in [9.17, 15) is 0 Å². The van der Waals surface area contributed by atoms with E-state index in [2.05, 4.69) is 38.7 Å². The Morgan fingerprint density at radius 3 is 2.09 bits per heavy atom. The quantitative estimate of drug-likeness (QED) is 0.523. The minimum Gasteiger partial charge on any atom is -0.0807 e. The second kappa shape index (κ2) is 2.98. The van der Waals surface area contributed by atoms with Gasteiger partial charge in [-0.1, -0.05) is 42.6 Å².